The summed E-state index contributed by atoms with van der Waals surface area (Å²) < 4.78 is 0. The Morgan fingerprint density at radius 3 is 2.18 bits per heavy atom. The number of carbonyl (C=O) groups excluding carboxylic acids is 2. The number of benzene rings is 2. The lowest BCUT2D eigenvalue weighted by Gasteiger charge is -1.94. The number of para-hydroxylation sites is 2. The van der Waals surface area contributed by atoms with Crippen molar-refractivity contribution in [3.63, 3.8) is 0 Å². The third-order valence-corrected chi connectivity index (χ3v) is 3.43. The molecule has 2 heterocycles. The maximum absolute atomic E-state index is 10.0. The third kappa shape index (κ3) is 2.54. The van der Waals surface area contributed by atoms with Gasteiger partial charge >= 0.3 is 0 Å². The highest BCUT2D eigenvalue weighted by Gasteiger charge is 2.07. The lowest BCUT2D eigenvalue weighted by atomic mass is 10.1. The van der Waals surface area contributed by atoms with Crippen LogP contribution in [0, 0.1) is 0 Å². The average Bonchev–Trinajstić information content (AvgIpc) is 3.10. The molecule has 22 heavy (non-hydrogen) atoms. The van der Waals surface area contributed by atoms with Gasteiger partial charge in [-0.05, 0) is 11.6 Å². The number of aromatic nitrogens is 1. The van der Waals surface area contributed by atoms with Crippen molar-refractivity contribution in [1.82, 2.24) is 10.3 Å². The van der Waals surface area contributed by atoms with Crippen molar-refractivity contribution >= 4 is 39.7 Å². The van der Waals surface area contributed by atoms with Crippen LogP contribution in [0.1, 0.15) is 5.56 Å². The van der Waals surface area contributed by atoms with Gasteiger partial charge in [-0.1, -0.05) is 49.1 Å². The summed E-state index contributed by atoms with van der Waals surface area (Å²) in [5.41, 5.74) is 3.51. The van der Waals surface area contributed by atoms with Crippen molar-refractivity contribution in [3.8, 4) is 0 Å². The zero-order valence-electron chi connectivity index (χ0n) is 11.8. The minimum atomic E-state index is -0.329. The Bertz CT molecular complexity index is 903. The monoisotopic (exact) mass is 290 g/mol. The average molecular weight is 290 g/mol. The second kappa shape index (κ2) is 5.69. The van der Waals surface area contributed by atoms with Crippen LogP contribution in [-0.4, -0.2) is 16.8 Å². The van der Waals surface area contributed by atoms with Crippen LogP contribution in [0.25, 0.3) is 27.9 Å². The van der Waals surface area contributed by atoms with Crippen LogP contribution in [0.15, 0.2) is 61.2 Å². The maximum atomic E-state index is 10.0. The van der Waals surface area contributed by atoms with E-state index in [0.717, 1.165) is 5.56 Å². The Kier molecular flexibility index (Phi) is 3.58. The van der Waals surface area contributed by atoms with Crippen LogP contribution < -0.4 is 5.32 Å². The van der Waals surface area contributed by atoms with E-state index in [0.29, 0.717) is 0 Å². The summed E-state index contributed by atoms with van der Waals surface area (Å²) in [6, 6.07) is 14.6. The number of fused-ring (bicyclic) bond motifs is 3. The molecule has 2 N–H and O–H groups in total. The standard InChI is InChI=1S/C14H11N.C4H3NO2/c1-2-10-6-5-8-12-11-7-3-4-9-13(11)15-14(10)12;6-3-1-2-4(7)5-3/h2-9,15H,1H2;1-2H,(H,5,6,7). The molecule has 0 unspecified atom stereocenters. The molecule has 1 aliphatic rings. The van der Waals surface area contributed by atoms with Gasteiger partial charge in [0.1, 0.15) is 0 Å². The minimum Gasteiger partial charge on any atom is -0.354 e. The van der Waals surface area contributed by atoms with E-state index in [4.69, 9.17) is 0 Å². The van der Waals surface area contributed by atoms with Gasteiger partial charge in [-0.15, -0.1) is 0 Å². The molecule has 2 amide bonds. The highest BCUT2D eigenvalue weighted by molar-refractivity contribution is 6.12. The van der Waals surface area contributed by atoms with Gasteiger partial charge < -0.3 is 4.98 Å². The fourth-order valence-electron chi connectivity index (χ4n) is 2.42. The number of H-pyrrole nitrogens is 1. The van der Waals surface area contributed by atoms with E-state index < -0.39 is 0 Å². The summed E-state index contributed by atoms with van der Waals surface area (Å²) in [6.45, 7) is 3.83. The number of nitrogens with one attached hydrogen (secondary N) is 2. The molecule has 0 atom stereocenters. The molecule has 0 saturated heterocycles. The fraction of sp³-hybridized carbons (Fsp3) is 0. The largest absolute Gasteiger partial charge is 0.354 e. The van der Waals surface area contributed by atoms with E-state index in [2.05, 4.69) is 48.0 Å². The molecule has 0 radical (unpaired) electrons. The zero-order chi connectivity index (χ0) is 15.5. The highest BCUT2D eigenvalue weighted by atomic mass is 16.2. The van der Waals surface area contributed by atoms with Gasteiger partial charge in [0.05, 0.1) is 5.52 Å². The Morgan fingerprint density at radius 1 is 0.864 bits per heavy atom. The Balaban J connectivity index is 0.000000174. The molecule has 0 fully saturated rings. The molecular weight excluding hydrogens is 276 g/mol. The first-order valence-corrected chi connectivity index (χ1v) is 6.84. The van der Waals surface area contributed by atoms with E-state index in [-0.39, 0.29) is 11.8 Å². The number of hydrogen-bond donors (Lipinski definition) is 2. The summed E-state index contributed by atoms with van der Waals surface area (Å²) in [5.74, 6) is -0.657. The summed E-state index contributed by atoms with van der Waals surface area (Å²) in [5, 5.41) is 4.57. The summed E-state index contributed by atoms with van der Waals surface area (Å²) in [6.07, 6.45) is 4.28. The number of hydrogen-bond acceptors (Lipinski definition) is 2. The fourth-order valence-corrected chi connectivity index (χ4v) is 2.42. The van der Waals surface area contributed by atoms with Crippen LogP contribution in [0.3, 0.4) is 0 Å². The minimum absolute atomic E-state index is 0.329. The van der Waals surface area contributed by atoms with Crippen molar-refractivity contribution < 1.29 is 9.59 Å². The third-order valence-electron chi connectivity index (χ3n) is 3.43. The van der Waals surface area contributed by atoms with Crippen LogP contribution in [0.4, 0.5) is 0 Å². The van der Waals surface area contributed by atoms with Crippen LogP contribution in [-0.2, 0) is 9.59 Å². The van der Waals surface area contributed by atoms with Crippen molar-refractivity contribution in [3.05, 3.63) is 66.8 Å². The predicted molar refractivity (Wildman–Crippen MR) is 88.2 cm³/mol. The van der Waals surface area contributed by atoms with Gasteiger partial charge in [-0.2, -0.15) is 0 Å². The van der Waals surface area contributed by atoms with Gasteiger partial charge in [0.2, 0.25) is 0 Å². The highest BCUT2D eigenvalue weighted by Crippen LogP contribution is 2.27. The van der Waals surface area contributed by atoms with E-state index in [9.17, 15) is 9.59 Å². The molecule has 4 heteroatoms. The molecule has 4 rings (SSSR count). The summed E-state index contributed by atoms with van der Waals surface area (Å²) >= 11 is 0. The Morgan fingerprint density at radius 2 is 1.55 bits per heavy atom. The number of amides is 2. The van der Waals surface area contributed by atoms with Gasteiger partial charge in [0.15, 0.2) is 0 Å². The zero-order valence-corrected chi connectivity index (χ0v) is 11.8. The molecule has 2 aromatic carbocycles. The normalized spacial score (nSPS) is 13.1. The molecule has 1 aliphatic heterocycles. The smallest absolute Gasteiger partial charge is 0.250 e. The first-order valence-electron chi connectivity index (χ1n) is 6.84. The molecule has 0 spiro atoms. The SMILES string of the molecule is C=Cc1cccc2c1[nH]c1ccccc12.O=C1C=CC(=O)N1. The van der Waals surface area contributed by atoms with Crippen LogP contribution >= 0.6 is 0 Å². The van der Waals surface area contributed by atoms with Gasteiger partial charge in [-0.3, -0.25) is 14.9 Å². The molecule has 0 saturated carbocycles. The molecule has 0 aliphatic carbocycles. The number of aromatic amines is 1. The second-order valence-electron chi connectivity index (χ2n) is 4.83. The topological polar surface area (TPSA) is 62.0 Å². The molecule has 108 valence electrons. The van der Waals surface area contributed by atoms with E-state index in [1.54, 1.807) is 0 Å². The Hall–Kier alpha value is -3.14. The summed E-state index contributed by atoms with van der Waals surface area (Å²) in [4.78, 5) is 23.5. The number of rotatable bonds is 1. The van der Waals surface area contributed by atoms with Crippen molar-refractivity contribution in [2.45, 2.75) is 0 Å². The first-order chi connectivity index (χ1) is 10.7. The van der Waals surface area contributed by atoms with Crippen LogP contribution in [0.2, 0.25) is 0 Å². The van der Waals surface area contributed by atoms with E-state index >= 15 is 0 Å². The van der Waals surface area contributed by atoms with Crippen molar-refractivity contribution in [1.29, 1.82) is 0 Å². The lowest BCUT2D eigenvalue weighted by molar-refractivity contribution is -0.123. The molecule has 0 bridgehead atoms. The molecule has 1 aromatic heterocycles. The van der Waals surface area contributed by atoms with Gasteiger partial charge in [-0.25, -0.2) is 0 Å². The molecular formula is C18H14N2O2. The number of carbonyl (C=O) groups is 2. The van der Waals surface area contributed by atoms with E-state index in [1.165, 1.54) is 34.0 Å². The maximum Gasteiger partial charge on any atom is 0.250 e. The van der Waals surface area contributed by atoms with Crippen molar-refractivity contribution in [2.24, 2.45) is 0 Å². The summed E-state index contributed by atoms with van der Waals surface area (Å²) in [7, 11) is 0. The number of imide groups is 1. The van der Waals surface area contributed by atoms with Crippen LogP contribution in [0.5, 0.6) is 0 Å². The van der Waals surface area contributed by atoms with Gasteiger partial charge in [0, 0.05) is 28.4 Å². The molecule has 3 aromatic rings. The lowest BCUT2D eigenvalue weighted by Crippen LogP contribution is -2.19. The predicted octanol–water partition coefficient (Wildman–Crippen LogP) is 3.16. The second-order valence-corrected chi connectivity index (χ2v) is 4.83. The first kappa shape index (κ1) is 13.8. The Labute approximate surface area is 127 Å². The van der Waals surface area contributed by atoms with E-state index in [1.807, 2.05) is 17.5 Å². The van der Waals surface area contributed by atoms with Crippen molar-refractivity contribution in [2.75, 3.05) is 0 Å². The quantitative estimate of drug-likeness (QED) is 0.676. The molecule has 4 nitrogen and oxygen atoms in total. The van der Waals surface area contributed by atoms with Gasteiger partial charge in [0.25, 0.3) is 11.8 Å².